The lowest BCUT2D eigenvalue weighted by atomic mass is 9.85. The van der Waals surface area contributed by atoms with Gasteiger partial charge >= 0.3 is 0 Å². The van der Waals surface area contributed by atoms with E-state index in [-0.39, 0.29) is 5.91 Å². The first-order valence-electron chi connectivity index (χ1n) is 10.1. The van der Waals surface area contributed by atoms with Gasteiger partial charge in [0.15, 0.2) is 0 Å². The quantitative estimate of drug-likeness (QED) is 0.761. The normalized spacial score (nSPS) is 19.3. The molecule has 1 N–H and O–H groups in total. The fraction of sp³-hybridized carbons (Fsp3) is 0.292. The van der Waals surface area contributed by atoms with Crippen molar-refractivity contribution >= 4 is 22.4 Å². The third kappa shape index (κ3) is 2.85. The number of para-hydroxylation sites is 1. The van der Waals surface area contributed by atoms with E-state index in [4.69, 9.17) is 0 Å². The highest BCUT2D eigenvalue weighted by atomic mass is 16.2. The minimum atomic E-state index is -0.406. The molecule has 2 aliphatic rings. The first kappa shape index (κ1) is 17.3. The van der Waals surface area contributed by atoms with Crippen LogP contribution in [0.15, 0.2) is 72.8 Å². The molecule has 0 bridgehead atoms. The van der Waals surface area contributed by atoms with E-state index in [9.17, 15) is 4.79 Å². The van der Waals surface area contributed by atoms with Crippen LogP contribution < -0.4 is 10.2 Å². The molecule has 2 aliphatic heterocycles. The monoisotopic (exact) mass is 371 g/mol. The van der Waals surface area contributed by atoms with Gasteiger partial charge in [-0.15, -0.1) is 0 Å². The Morgan fingerprint density at radius 2 is 1.57 bits per heavy atom. The number of amides is 1. The zero-order valence-electron chi connectivity index (χ0n) is 16.0. The maximum absolute atomic E-state index is 12.8. The SMILES string of the molecule is O=C1NCN(c2ccccc2)C12CCN(Cc1cccc3ccccc13)CC2. The highest BCUT2D eigenvalue weighted by molar-refractivity contribution is 5.93. The molecule has 0 saturated carbocycles. The number of nitrogens with one attached hydrogen (secondary N) is 1. The zero-order chi connectivity index (χ0) is 19.0. The summed E-state index contributed by atoms with van der Waals surface area (Å²) in [5, 5.41) is 5.71. The molecule has 4 nitrogen and oxygen atoms in total. The average Bonchev–Trinajstić information content (AvgIpc) is 3.06. The summed E-state index contributed by atoms with van der Waals surface area (Å²) >= 11 is 0. The predicted molar refractivity (Wildman–Crippen MR) is 113 cm³/mol. The minimum absolute atomic E-state index is 0.182. The zero-order valence-corrected chi connectivity index (χ0v) is 16.0. The maximum Gasteiger partial charge on any atom is 0.247 e. The number of anilines is 1. The van der Waals surface area contributed by atoms with Crippen LogP contribution >= 0.6 is 0 Å². The molecule has 4 heteroatoms. The smallest absolute Gasteiger partial charge is 0.247 e. The third-order valence-corrected chi connectivity index (χ3v) is 6.36. The van der Waals surface area contributed by atoms with Gasteiger partial charge in [0.25, 0.3) is 0 Å². The van der Waals surface area contributed by atoms with Gasteiger partial charge in [-0.25, -0.2) is 0 Å². The summed E-state index contributed by atoms with van der Waals surface area (Å²) in [6.07, 6.45) is 1.72. The van der Waals surface area contributed by atoms with Crippen molar-refractivity contribution in [3.05, 3.63) is 78.4 Å². The van der Waals surface area contributed by atoms with E-state index in [1.807, 2.05) is 18.2 Å². The summed E-state index contributed by atoms with van der Waals surface area (Å²) in [4.78, 5) is 17.6. The van der Waals surface area contributed by atoms with E-state index < -0.39 is 5.54 Å². The molecule has 1 amide bonds. The van der Waals surface area contributed by atoms with Gasteiger partial charge in [0.05, 0.1) is 6.67 Å². The van der Waals surface area contributed by atoms with Gasteiger partial charge in [-0.05, 0) is 41.3 Å². The number of hydrogen-bond donors (Lipinski definition) is 1. The Balaban J connectivity index is 1.35. The highest BCUT2D eigenvalue weighted by Gasteiger charge is 2.50. The molecular weight excluding hydrogens is 346 g/mol. The molecule has 3 aromatic carbocycles. The van der Waals surface area contributed by atoms with E-state index in [1.54, 1.807) is 0 Å². The van der Waals surface area contributed by atoms with Crippen molar-refractivity contribution in [1.29, 1.82) is 0 Å². The number of benzene rings is 3. The van der Waals surface area contributed by atoms with Gasteiger partial charge in [-0.2, -0.15) is 0 Å². The molecule has 3 aromatic rings. The van der Waals surface area contributed by atoms with Crippen LogP contribution in [0, 0.1) is 0 Å². The van der Waals surface area contributed by atoms with Crippen LogP contribution in [0.3, 0.4) is 0 Å². The molecule has 5 rings (SSSR count). The lowest BCUT2D eigenvalue weighted by Gasteiger charge is -2.43. The van der Waals surface area contributed by atoms with Crippen LogP contribution in [0.4, 0.5) is 5.69 Å². The van der Waals surface area contributed by atoms with Gasteiger partial charge in [0.2, 0.25) is 5.91 Å². The van der Waals surface area contributed by atoms with E-state index in [2.05, 4.69) is 69.7 Å². The maximum atomic E-state index is 12.8. The van der Waals surface area contributed by atoms with Gasteiger partial charge in [0.1, 0.15) is 5.54 Å². The predicted octanol–water partition coefficient (Wildman–Crippen LogP) is 3.77. The van der Waals surface area contributed by atoms with E-state index >= 15 is 0 Å². The molecule has 2 saturated heterocycles. The van der Waals surface area contributed by atoms with Crippen LogP contribution in [-0.2, 0) is 11.3 Å². The van der Waals surface area contributed by atoms with Crippen LogP contribution in [0.1, 0.15) is 18.4 Å². The number of nitrogens with zero attached hydrogens (tertiary/aromatic N) is 2. The Labute approximate surface area is 165 Å². The molecule has 2 fully saturated rings. The third-order valence-electron chi connectivity index (χ3n) is 6.36. The van der Waals surface area contributed by atoms with Crippen molar-refractivity contribution in [3.8, 4) is 0 Å². The van der Waals surface area contributed by atoms with Crippen molar-refractivity contribution in [1.82, 2.24) is 10.2 Å². The first-order chi connectivity index (χ1) is 13.8. The molecule has 2 heterocycles. The molecule has 0 unspecified atom stereocenters. The minimum Gasteiger partial charge on any atom is -0.339 e. The Kier molecular flexibility index (Phi) is 4.29. The molecule has 1 spiro atoms. The largest absolute Gasteiger partial charge is 0.339 e. The number of carbonyl (C=O) groups excluding carboxylic acids is 1. The summed E-state index contributed by atoms with van der Waals surface area (Å²) in [5.41, 5.74) is 2.09. The van der Waals surface area contributed by atoms with E-state index in [0.29, 0.717) is 6.67 Å². The number of hydrogen-bond acceptors (Lipinski definition) is 3. The van der Waals surface area contributed by atoms with Crippen molar-refractivity contribution < 1.29 is 4.79 Å². The molecule has 0 atom stereocenters. The molecule has 142 valence electrons. The number of likely N-dealkylation sites (tertiary alicyclic amines) is 1. The fourth-order valence-electron chi connectivity index (χ4n) is 4.78. The van der Waals surface area contributed by atoms with Crippen molar-refractivity contribution in [2.75, 3.05) is 24.7 Å². The summed E-state index contributed by atoms with van der Waals surface area (Å²) in [6, 6.07) is 25.4. The van der Waals surface area contributed by atoms with Crippen LogP contribution in [0.25, 0.3) is 10.8 Å². The molecule has 0 radical (unpaired) electrons. The molecule has 0 aliphatic carbocycles. The first-order valence-corrected chi connectivity index (χ1v) is 10.1. The summed E-state index contributed by atoms with van der Waals surface area (Å²) in [6.45, 7) is 3.40. The highest BCUT2D eigenvalue weighted by Crippen LogP contribution is 2.36. The average molecular weight is 371 g/mol. The summed E-state index contributed by atoms with van der Waals surface area (Å²) in [7, 11) is 0. The van der Waals surface area contributed by atoms with Crippen LogP contribution in [0.2, 0.25) is 0 Å². The summed E-state index contributed by atoms with van der Waals surface area (Å²) < 4.78 is 0. The molecule has 28 heavy (non-hydrogen) atoms. The summed E-state index contributed by atoms with van der Waals surface area (Å²) in [5.74, 6) is 0.182. The number of piperidine rings is 1. The van der Waals surface area contributed by atoms with E-state index in [0.717, 1.165) is 38.2 Å². The van der Waals surface area contributed by atoms with Crippen molar-refractivity contribution in [2.24, 2.45) is 0 Å². The van der Waals surface area contributed by atoms with Crippen LogP contribution in [-0.4, -0.2) is 36.1 Å². The Bertz CT molecular complexity index is 988. The van der Waals surface area contributed by atoms with Crippen LogP contribution in [0.5, 0.6) is 0 Å². The Morgan fingerprint density at radius 1 is 0.857 bits per heavy atom. The fourth-order valence-corrected chi connectivity index (χ4v) is 4.78. The van der Waals surface area contributed by atoms with Gasteiger partial charge < -0.3 is 10.2 Å². The second-order valence-electron chi connectivity index (χ2n) is 7.87. The standard InChI is InChI=1S/C24H25N3O/c28-23-24(27(18-25-23)21-10-2-1-3-11-21)13-15-26(16-14-24)17-20-9-6-8-19-7-4-5-12-22(19)20/h1-12H,13-18H2,(H,25,28). The second kappa shape index (κ2) is 6.95. The lowest BCUT2D eigenvalue weighted by Crippen LogP contribution is -2.56. The Morgan fingerprint density at radius 3 is 2.39 bits per heavy atom. The molecular formula is C24H25N3O. The van der Waals surface area contributed by atoms with Gasteiger partial charge in [0, 0.05) is 25.3 Å². The number of rotatable bonds is 3. The lowest BCUT2D eigenvalue weighted by molar-refractivity contribution is -0.125. The second-order valence-corrected chi connectivity index (χ2v) is 7.87. The van der Waals surface area contributed by atoms with Gasteiger partial charge in [-0.3, -0.25) is 9.69 Å². The number of fused-ring (bicyclic) bond motifs is 1. The van der Waals surface area contributed by atoms with Crippen molar-refractivity contribution in [2.45, 2.75) is 24.9 Å². The Hall–Kier alpha value is -2.85. The molecule has 0 aromatic heterocycles. The van der Waals surface area contributed by atoms with E-state index in [1.165, 1.54) is 16.3 Å². The topological polar surface area (TPSA) is 35.6 Å². The van der Waals surface area contributed by atoms with Crippen molar-refractivity contribution in [3.63, 3.8) is 0 Å². The van der Waals surface area contributed by atoms with Gasteiger partial charge in [-0.1, -0.05) is 60.7 Å². The number of carbonyl (C=O) groups is 1.